The SMILES string of the molecule is C=CCNC(=O)c1cc(NCCCC)nc(-c2ccccc2)n1. The average molecular weight is 310 g/mol. The lowest BCUT2D eigenvalue weighted by atomic mass is 10.2. The van der Waals surface area contributed by atoms with Crippen molar-refractivity contribution in [2.75, 3.05) is 18.4 Å². The van der Waals surface area contributed by atoms with Gasteiger partial charge in [0, 0.05) is 24.7 Å². The van der Waals surface area contributed by atoms with Gasteiger partial charge in [0.05, 0.1) is 0 Å². The van der Waals surface area contributed by atoms with Crippen LogP contribution in [0.25, 0.3) is 11.4 Å². The van der Waals surface area contributed by atoms with Gasteiger partial charge in [0.15, 0.2) is 5.82 Å². The summed E-state index contributed by atoms with van der Waals surface area (Å²) in [6, 6.07) is 11.3. The first kappa shape index (κ1) is 16.7. The van der Waals surface area contributed by atoms with Gasteiger partial charge in [-0.1, -0.05) is 49.8 Å². The lowest BCUT2D eigenvalue weighted by Gasteiger charge is -2.10. The summed E-state index contributed by atoms with van der Waals surface area (Å²) in [4.78, 5) is 21.1. The van der Waals surface area contributed by atoms with E-state index >= 15 is 0 Å². The van der Waals surface area contributed by atoms with Crippen LogP contribution in [0, 0.1) is 0 Å². The van der Waals surface area contributed by atoms with Gasteiger partial charge in [0.2, 0.25) is 0 Å². The Bertz CT molecular complexity index is 655. The average Bonchev–Trinajstić information content (AvgIpc) is 2.60. The minimum atomic E-state index is -0.233. The molecule has 5 heteroatoms. The van der Waals surface area contributed by atoms with E-state index in [1.807, 2.05) is 30.3 Å². The lowest BCUT2D eigenvalue weighted by Crippen LogP contribution is -2.24. The molecule has 1 amide bonds. The Morgan fingerprint density at radius 3 is 2.74 bits per heavy atom. The van der Waals surface area contributed by atoms with Crippen LogP contribution in [0.2, 0.25) is 0 Å². The molecule has 2 rings (SSSR count). The molecule has 5 nitrogen and oxygen atoms in total. The summed E-state index contributed by atoms with van der Waals surface area (Å²) in [6.07, 6.45) is 3.77. The Labute approximate surface area is 136 Å². The van der Waals surface area contributed by atoms with Crippen LogP contribution in [-0.2, 0) is 0 Å². The third-order valence-corrected chi connectivity index (χ3v) is 3.23. The molecule has 1 aromatic heterocycles. The van der Waals surface area contributed by atoms with Gasteiger partial charge in [-0.15, -0.1) is 6.58 Å². The van der Waals surface area contributed by atoms with Gasteiger partial charge < -0.3 is 10.6 Å². The molecule has 0 unspecified atom stereocenters. The van der Waals surface area contributed by atoms with Gasteiger partial charge >= 0.3 is 0 Å². The van der Waals surface area contributed by atoms with Gasteiger partial charge in [-0.3, -0.25) is 4.79 Å². The Kier molecular flexibility index (Phi) is 6.29. The second kappa shape index (κ2) is 8.68. The molecule has 0 saturated heterocycles. The summed E-state index contributed by atoms with van der Waals surface area (Å²) < 4.78 is 0. The van der Waals surface area contributed by atoms with Crippen molar-refractivity contribution in [3.8, 4) is 11.4 Å². The van der Waals surface area contributed by atoms with Crippen molar-refractivity contribution in [3.05, 3.63) is 54.7 Å². The highest BCUT2D eigenvalue weighted by Gasteiger charge is 2.12. The molecular formula is C18H22N4O. The topological polar surface area (TPSA) is 66.9 Å². The number of hydrogen-bond acceptors (Lipinski definition) is 4. The number of carbonyl (C=O) groups is 1. The number of nitrogens with one attached hydrogen (secondary N) is 2. The largest absolute Gasteiger partial charge is 0.370 e. The third-order valence-electron chi connectivity index (χ3n) is 3.23. The molecule has 0 fully saturated rings. The fourth-order valence-corrected chi connectivity index (χ4v) is 2.02. The molecule has 0 aliphatic carbocycles. The van der Waals surface area contributed by atoms with Gasteiger partial charge in [0.1, 0.15) is 11.5 Å². The van der Waals surface area contributed by atoms with Crippen LogP contribution in [0.5, 0.6) is 0 Å². The van der Waals surface area contributed by atoms with Crippen molar-refractivity contribution in [1.82, 2.24) is 15.3 Å². The minimum absolute atomic E-state index is 0.233. The van der Waals surface area contributed by atoms with Crippen molar-refractivity contribution in [3.63, 3.8) is 0 Å². The van der Waals surface area contributed by atoms with E-state index < -0.39 is 0 Å². The first-order chi connectivity index (χ1) is 11.2. The van der Waals surface area contributed by atoms with Crippen molar-refractivity contribution < 1.29 is 4.79 Å². The number of amides is 1. The molecule has 0 bridgehead atoms. The second-order valence-electron chi connectivity index (χ2n) is 5.11. The summed E-state index contributed by atoms with van der Waals surface area (Å²) in [7, 11) is 0. The molecule has 2 N–H and O–H groups in total. The van der Waals surface area contributed by atoms with Gasteiger partial charge in [-0.05, 0) is 6.42 Å². The number of benzene rings is 1. The van der Waals surface area contributed by atoms with Crippen LogP contribution >= 0.6 is 0 Å². The van der Waals surface area contributed by atoms with Crippen LogP contribution in [0.15, 0.2) is 49.1 Å². The number of unbranched alkanes of at least 4 members (excludes halogenated alkanes) is 1. The fraction of sp³-hybridized carbons (Fsp3) is 0.278. The first-order valence-corrected chi connectivity index (χ1v) is 7.82. The van der Waals surface area contributed by atoms with Crippen LogP contribution in [0.1, 0.15) is 30.3 Å². The number of nitrogens with zero attached hydrogens (tertiary/aromatic N) is 2. The van der Waals surface area contributed by atoms with Crippen LogP contribution in [-0.4, -0.2) is 29.0 Å². The van der Waals surface area contributed by atoms with E-state index in [2.05, 4.69) is 34.1 Å². The molecule has 0 radical (unpaired) electrons. The van der Waals surface area contributed by atoms with E-state index in [0.717, 1.165) is 24.9 Å². The normalized spacial score (nSPS) is 10.1. The van der Waals surface area contributed by atoms with Crippen LogP contribution in [0.4, 0.5) is 5.82 Å². The Hall–Kier alpha value is -2.69. The minimum Gasteiger partial charge on any atom is -0.370 e. The molecule has 0 aliphatic rings. The summed E-state index contributed by atoms with van der Waals surface area (Å²) in [5, 5.41) is 6.00. The Morgan fingerprint density at radius 2 is 2.04 bits per heavy atom. The van der Waals surface area contributed by atoms with E-state index in [1.54, 1.807) is 12.1 Å². The lowest BCUT2D eigenvalue weighted by molar-refractivity contribution is 0.0953. The predicted molar refractivity (Wildman–Crippen MR) is 93.4 cm³/mol. The number of hydrogen-bond donors (Lipinski definition) is 2. The number of aromatic nitrogens is 2. The molecule has 23 heavy (non-hydrogen) atoms. The quantitative estimate of drug-likeness (QED) is 0.580. The first-order valence-electron chi connectivity index (χ1n) is 7.82. The predicted octanol–water partition coefficient (Wildman–Crippen LogP) is 3.27. The van der Waals surface area contributed by atoms with Crippen LogP contribution in [0.3, 0.4) is 0 Å². The molecule has 0 saturated carbocycles. The number of carbonyl (C=O) groups excluding carboxylic acids is 1. The summed E-state index contributed by atoms with van der Waals surface area (Å²) in [5.74, 6) is 0.968. The standard InChI is InChI=1S/C18H22N4O/c1-3-5-12-19-16-13-15(18(23)20-11-4-2)21-17(22-16)14-9-7-6-8-10-14/h4,6-10,13H,2-3,5,11-12H2,1H3,(H,20,23)(H,19,21,22). The van der Waals surface area contributed by atoms with E-state index in [9.17, 15) is 4.79 Å². The molecular weight excluding hydrogens is 288 g/mol. The van der Waals surface area contributed by atoms with Crippen molar-refractivity contribution >= 4 is 11.7 Å². The second-order valence-corrected chi connectivity index (χ2v) is 5.11. The van der Waals surface area contributed by atoms with E-state index in [-0.39, 0.29) is 5.91 Å². The highest BCUT2D eigenvalue weighted by Crippen LogP contribution is 2.18. The molecule has 0 atom stereocenters. The van der Waals surface area contributed by atoms with E-state index in [4.69, 9.17) is 0 Å². The Morgan fingerprint density at radius 1 is 1.26 bits per heavy atom. The number of rotatable bonds is 8. The molecule has 2 aromatic rings. The zero-order valence-corrected chi connectivity index (χ0v) is 13.4. The van der Waals surface area contributed by atoms with Crippen molar-refractivity contribution in [2.45, 2.75) is 19.8 Å². The molecule has 120 valence electrons. The molecule has 1 aromatic carbocycles. The smallest absolute Gasteiger partial charge is 0.270 e. The molecule has 1 heterocycles. The zero-order chi connectivity index (χ0) is 16.5. The third kappa shape index (κ3) is 4.92. The van der Waals surface area contributed by atoms with Gasteiger partial charge in [0.25, 0.3) is 5.91 Å². The fourth-order valence-electron chi connectivity index (χ4n) is 2.02. The zero-order valence-electron chi connectivity index (χ0n) is 13.4. The van der Waals surface area contributed by atoms with Gasteiger partial charge in [-0.2, -0.15) is 0 Å². The van der Waals surface area contributed by atoms with Gasteiger partial charge in [-0.25, -0.2) is 9.97 Å². The maximum atomic E-state index is 12.2. The highest BCUT2D eigenvalue weighted by molar-refractivity contribution is 5.93. The van der Waals surface area contributed by atoms with Crippen molar-refractivity contribution in [2.24, 2.45) is 0 Å². The summed E-state index contributed by atoms with van der Waals surface area (Å²) in [6.45, 7) is 6.95. The van der Waals surface area contributed by atoms with E-state index in [0.29, 0.717) is 23.9 Å². The maximum Gasteiger partial charge on any atom is 0.270 e. The van der Waals surface area contributed by atoms with Crippen molar-refractivity contribution in [1.29, 1.82) is 0 Å². The van der Waals surface area contributed by atoms with Crippen LogP contribution < -0.4 is 10.6 Å². The summed E-state index contributed by atoms with van der Waals surface area (Å²) in [5.41, 5.74) is 1.23. The highest BCUT2D eigenvalue weighted by atomic mass is 16.1. The summed E-state index contributed by atoms with van der Waals surface area (Å²) >= 11 is 0. The monoisotopic (exact) mass is 310 g/mol. The number of anilines is 1. The maximum absolute atomic E-state index is 12.2. The Balaban J connectivity index is 2.31. The molecule has 0 aliphatic heterocycles. The van der Waals surface area contributed by atoms with E-state index in [1.165, 1.54) is 0 Å². The molecule has 0 spiro atoms.